The van der Waals surface area contributed by atoms with Gasteiger partial charge in [-0.3, -0.25) is 43.2 Å². The van der Waals surface area contributed by atoms with Crippen LogP contribution in [0.25, 0.3) is 0 Å². The smallest absolute Gasteiger partial charge is 0.326 e. The van der Waals surface area contributed by atoms with E-state index in [4.69, 9.17) is 16.6 Å². The molecule has 0 saturated heterocycles. The second kappa shape index (κ2) is 30.1. The van der Waals surface area contributed by atoms with Crippen LogP contribution in [-0.4, -0.2) is 152 Å². The van der Waals surface area contributed by atoms with Crippen LogP contribution in [0.15, 0.2) is 60.7 Å². The van der Waals surface area contributed by atoms with E-state index in [1.54, 1.807) is 66.9 Å². The minimum atomic E-state index is -1.77. The molecule has 23 nitrogen and oxygen atoms in total. The van der Waals surface area contributed by atoms with Gasteiger partial charge in [0.15, 0.2) is 0 Å². The van der Waals surface area contributed by atoms with Gasteiger partial charge >= 0.3 is 11.9 Å². The monoisotopic (exact) mass is 1000 g/mol. The zero-order valence-electron chi connectivity index (χ0n) is 39.7. The first-order valence-corrected chi connectivity index (χ1v) is 23.9. The lowest BCUT2D eigenvalue weighted by Gasteiger charge is -2.30. The van der Waals surface area contributed by atoms with E-state index in [9.17, 15) is 63.3 Å². The third-order valence-electron chi connectivity index (χ3n) is 10.7. The molecule has 2 rings (SSSR count). The molecule has 0 aromatic heterocycles. The molecule has 10 atom stereocenters. The third-order valence-corrected chi connectivity index (χ3v) is 11.4. The Morgan fingerprint density at radius 2 is 0.914 bits per heavy atom. The van der Waals surface area contributed by atoms with Crippen LogP contribution in [0.2, 0.25) is 0 Å². The number of rotatable bonds is 31. The summed E-state index contributed by atoms with van der Waals surface area (Å²) in [5.74, 6) is -10.7. The summed E-state index contributed by atoms with van der Waals surface area (Å²) in [5, 5.41) is 56.6. The summed E-state index contributed by atoms with van der Waals surface area (Å²) >= 11 is 1.32. The SMILES string of the molecule is CSCC[C@H](NC(=O)[C@H](Cc1ccccc1)NC(=O)[C@H](CCC(N)=O)NC(=O)[C@@H](N)Cc1ccccc1)C(=O)N[C@H](C(=O)N[C@H](C(=O)N[C@H](C(=O)N[C@@H](CCC(=O)O)C(=O)O)[C@@H](C)O)C(C)C)[C@@H](C)O. The lowest BCUT2D eigenvalue weighted by Crippen LogP contribution is -2.63. The van der Waals surface area contributed by atoms with Crippen molar-refractivity contribution in [3.8, 4) is 0 Å². The number of benzene rings is 2. The van der Waals surface area contributed by atoms with Crippen molar-refractivity contribution < 1.29 is 68.4 Å². The first-order valence-electron chi connectivity index (χ1n) is 22.5. The molecule has 24 heteroatoms. The van der Waals surface area contributed by atoms with E-state index in [1.165, 1.54) is 32.5 Å². The van der Waals surface area contributed by atoms with Crippen molar-refractivity contribution in [3.63, 3.8) is 0 Å². The Morgan fingerprint density at radius 3 is 1.40 bits per heavy atom. The fraction of sp³-hybridized carbons (Fsp3) is 0.522. The summed E-state index contributed by atoms with van der Waals surface area (Å²) < 4.78 is 0. The Kier molecular flexibility index (Phi) is 25.6. The molecule has 0 aliphatic heterocycles. The van der Waals surface area contributed by atoms with E-state index in [0.717, 1.165) is 12.5 Å². The first-order chi connectivity index (χ1) is 32.9. The predicted molar refractivity (Wildman–Crippen MR) is 256 cm³/mol. The van der Waals surface area contributed by atoms with Crippen LogP contribution in [0.3, 0.4) is 0 Å². The van der Waals surface area contributed by atoms with Gasteiger partial charge in [-0.1, -0.05) is 74.5 Å². The molecule has 0 aliphatic carbocycles. The molecule has 8 amide bonds. The summed E-state index contributed by atoms with van der Waals surface area (Å²) in [6.07, 6.45) is -3.16. The minimum absolute atomic E-state index is 0.0195. The Morgan fingerprint density at radius 1 is 0.514 bits per heavy atom. The maximum atomic E-state index is 14.2. The first kappa shape index (κ1) is 59.5. The van der Waals surface area contributed by atoms with Crippen molar-refractivity contribution in [2.75, 3.05) is 12.0 Å². The number of carboxylic acids is 2. The van der Waals surface area contributed by atoms with E-state index in [-0.39, 0.29) is 32.1 Å². The van der Waals surface area contributed by atoms with Gasteiger partial charge < -0.3 is 69.1 Å². The highest BCUT2D eigenvalue weighted by atomic mass is 32.2. The molecule has 0 radical (unpaired) electrons. The second-order valence-corrected chi connectivity index (χ2v) is 18.0. The van der Waals surface area contributed by atoms with Crippen LogP contribution in [-0.2, 0) is 60.8 Å². The molecular formula is C46H67N9O14S. The van der Waals surface area contributed by atoms with Gasteiger partial charge in [-0.15, -0.1) is 0 Å². The molecule has 0 fully saturated rings. The number of amides is 8. The van der Waals surface area contributed by atoms with E-state index in [0.29, 0.717) is 11.3 Å². The molecule has 0 bridgehead atoms. The Bertz CT molecular complexity index is 2100. The summed E-state index contributed by atoms with van der Waals surface area (Å²) in [6.45, 7) is 5.32. The van der Waals surface area contributed by atoms with Gasteiger partial charge in [-0.05, 0) is 68.6 Å². The number of hydrogen-bond acceptors (Lipinski definition) is 14. The fourth-order valence-electron chi connectivity index (χ4n) is 6.78. The number of nitrogens with one attached hydrogen (secondary N) is 7. The Balaban J connectivity index is 2.35. The van der Waals surface area contributed by atoms with Crippen LogP contribution in [0.4, 0.5) is 0 Å². The normalized spacial score (nSPS) is 15.4. The Labute approximate surface area is 409 Å². The van der Waals surface area contributed by atoms with Crippen LogP contribution >= 0.6 is 11.8 Å². The van der Waals surface area contributed by atoms with E-state index >= 15 is 0 Å². The summed E-state index contributed by atoms with van der Waals surface area (Å²) in [4.78, 5) is 130. The fourth-order valence-corrected chi connectivity index (χ4v) is 7.25. The quantitative estimate of drug-likeness (QED) is 0.0374. The molecule has 0 spiro atoms. The minimum Gasteiger partial charge on any atom is -0.481 e. The number of thioether (sulfide) groups is 1. The zero-order valence-corrected chi connectivity index (χ0v) is 40.5. The van der Waals surface area contributed by atoms with E-state index in [2.05, 4.69) is 37.2 Å². The summed E-state index contributed by atoms with van der Waals surface area (Å²) in [5.41, 5.74) is 12.9. The van der Waals surface area contributed by atoms with Crippen molar-refractivity contribution in [2.45, 2.75) is 133 Å². The predicted octanol–water partition coefficient (Wildman–Crippen LogP) is -2.42. The van der Waals surface area contributed by atoms with Gasteiger partial charge in [0.1, 0.15) is 42.3 Å². The Hall–Kier alpha value is -6.63. The van der Waals surface area contributed by atoms with E-state index < -0.39 is 138 Å². The highest BCUT2D eigenvalue weighted by Crippen LogP contribution is 2.11. The highest BCUT2D eigenvalue weighted by molar-refractivity contribution is 7.98. The zero-order chi connectivity index (χ0) is 52.7. The molecule has 0 unspecified atom stereocenters. The molecule has 2 aromatic rings. The molecule has 70 heavy (non-hydrogen) atoms. The van der Waals surface area contributed by atoms with Gasteiger partial charge in [0.2, 0.25) is 47.3 Å². The van der Waals surface area contributed by atoms with Crippen molar-refractivity contribution >= 4 is 71.0 Å². The number of primary amides is 1. The average molecular weight is 1000 g/mol. The number of carbonyl (C=O) groups excluding carboxylic acids is 8. The van der Waals surface area contributed by atoms with Gasteiger partial charge in [0.25, 0.3) is 0 Å². The lowest BCUT2D eigenvalue weighted by molar-refractivity contribution is -0.144. The van der Waals surface area contributed by atoms with Crippen molar-refractivity contribution in [2.24, 2.45) is 17.4 Å². The molecule has 386 valence electrons. The van der Waals surface area contributed by atoms with Crippen LogP contribution in [0.5, 0.6) is 0 Å². The van der Waals surface area contributed by atoms with Crippen molar-refractivity contribution in [3.05, 3.63) is 71.8 Å². The van der Waals surface area contributed by atoms with Gasteiger partial charge in [0, 0.05) is 19.3 Å². The lowest BCUT2D eigenvalue weighted by atomic mass is 10.0. The highest BCUT2D eigenvalue weighted by Gasteiger charge is 2.37. The molecular weight excluding hydrogens is 935 g/mol. The summed E-state index contributed by atoms with van der Waals surface area (Å²) in [6, 6.07) is 5.47. The van der Waals surface area contributed by atoms with Crippen molar-refractivity contribution in [1.29, 1.82) is 0 Å². The average Bonchev–Trinajstić information content (AvgIpc) is 3.29. The number of carboxylic acid groups (broad SMARTS) is 2. The number of aliphatic hydroxyl groups excluding tert-OH is 2. The maximum absolute atomic E-state index is 14.2. The van der Waals surface area contributed by atoms with E-state index in [1.807, 2.05) is 0 Å². The topological polar surface area (TPSA) is 388 Å². The van der Waals surface area contributed by atoms with Gasteiger partial charge in [-0.2, -0.15) is 11.8 Å². The molecule has 2 aromatic carbocycles. The van der Waals surface area contributed by atoms with Crippen LogP contribution < -0.4 is 48.7 Å². The third kappa shape index (κ3) is 20.9. The number of hydrogen-bond donors (Lipinski definition) is 13. The number of aliphatic carboxylic acids is 2. The second-order valence-electron chi connectivity index (χ2n) is 17.0. The molecule has 15 N–H and O–H groups in total. The van der Waals surface area contributed by atoms with Crippen LogP contribution in [0.1, 0.15) is 70.9 Å². The summed E-state index contributed by atoms with van der Waals surface area (Å²) in [7, 11) is 0. The molecule has 0 saturated carbocycles. The van der Waals surface area contributed by atoms with Gasteiger partial charge in [0.05, 0.1) is 18.2 Å². The molecule has 0 aliphatic rings. The van der Waals surface area contributed by atoms with Gasteiger partial charge in [-0.25, -0.2) is 4.79 Å². The van der Waals surface area contributed by atoms with Crippen LogP contribution in [0, 0.1) is 5.92 Å². The molecule has 0 heterocycles. The number of carbonyl (C=O) groups is 10. The van der Waals surface area contributed by atoms with Crippen molar-refractivity contribution in [1.82, 2.24) is 37.2 Å². The number of aliphatic hydroxyl groups is 2. The largest absolute Gasteiger partial charge is 0.481 e. The maximum Gasteiger partial charge on any atom is 0.326 e. The number of nitrogens with two attached hydrogens (primary N) is 2. The standard InChI is InChI=1S/C46H67N9O14S/c1-24(2)36(43(65)55-37(25(3)56)44(66)51-32(46(68)69)17-19-35(59)60)53-45(67)38(26(4)57)54-41(63)31(20-21-70-5)50-42(64)33(23-28-14-10-7-11-15-28)52-40(62)30(16-18-34(48)58)49-39(61)29(47)22-27-12-8-6-9-13-27/h6-15,24-26,29-33,36-38,56-57H,16-23,47H2,1-5H3,(H2,48,58)(H,49,61)(H,50,64)(H,51,66)(H,52,62)(H,53,67)(H,54,63)(H,55,65)(H,59,60)(H,68,69)/t25-,26-,29+,30+,31+,32+,33+,36+,37+,38+/m1/s1.